The molecule has 0 amide bonds. The number of rotatable bonds is 7. The summed E-state index contributed by atoms with van der Waals surface area (Å²) in [6.45, 7) is 2.98. The van der Waals surface area contributed by atoms with Crippen LogP contribution in [0.2, 0.25) is 0 Å². The highest BCUT2D eigenvalue weighted by atomic mass is 19.1. The number of methoxy groups -OCH3 is 1. The maximum absolute atomic E-state index is 13.6. The summed E-state index contributed by atoms with van der Waals surface area (Å²) in [7, 11) is 1.61. The van der Waals surface area contributed by atoms with Crippen LogP contribution in [0.4, 0.5) is 4.39 Å². The van der Waals surface area contributed by atoms with Crippen molar-refractivity contribution in [2.75, 3.05) is 13.7 Å². The Balaban J connectivity index is 2.28. The number of nitrogens with one attached hydrogen (secondary N) is 1. The molecule has 0 aliphatic heterocycles. The van der Waals surface area contributed by atoms with Crippen LogP contribution in [-0.2, 0) is 6.42 Å². The second-order valence-electron chi connectivity index (χ2n) is 4.95. The second kappa shape index (κ2) is 7.74. The summed E-state index contributed by atoms with van der Waals surface area (Å²) in [6.07, 6.45) is 5.33. The standard InChI is InChI=1S/C17H21FN2O/c1-3-8-20-16(11-13-6-9-19-10-7-13)15-12-14(18)4-5-17(15)21-2/h4-7,9-10,12,16,20H,3,8,11H2,1-2H3. The molecular formula is C17H21FN2O. The van der Waals surface area contributed by atoms with E-state index in [0.717, 1.165) is 30.5 Å². The van der Waals surface area contributed by atoms with Crippen LogP contribution >= 0.6 is 0 Å². The van der Waals surface area contributed by atoms with Crippen LogP contribution in [-0.4, -0.2) is 18.6 Å². The van der Waals surface area contributed by atoms with E-state index in [0.29, 0.717) is 5.75 Å². The predicted octanol–water partition coefficient (Wildman–Crippen LogP) is 3.51. The molecule has 21 heavy (non-hydrogen) atoms. The van der Waals surface area contributed by atoms with Crippen molar-refractivity contribution >= 4 is 0 Å². The Kier molecular flexibility index (Phi) is 5.69. The fourth-order valence-electron chi connectivity index (χ4n) is 2.34. The van der Waals surface area contributed by atoms with Crippen molar-refractivity contribution in [3.05, 3.63) is 59.7 Å². The van der Waals surface area contributed by atoms with Gasteiger partial charge in [0.15, 0.2) is 0 Å². The maximum Gasteiger partial charge on any atom is 0.123 e. The first-order valence-corrected chi connectivity index (χ1v) is 7.20. The number of hydrogen-bond acceptors (Lipinski definition) is 3. The maximum atomic E-state index is 13.6. The van der Waals surface area contributed by atoms with Gasteiger partial charge in [-0.1, -0.05) is 6.92 Å². The third kappa shape index (κ3) is 4.26. The smallest absolute Gasteiger partial charge is 0.123 e. The van der Waals surface area contributed by atoms with Crippen LogP contribution in [0.3, 0.4) is 0 Å². The van der Waals surface area contributed by atoms with Gasteiger partial charge in [0.2, 0.25) is 0 Å². The summed E-state index contributed by atoms with van der Waals surface area (Å²) in [5.41, 5.74) is 2.01. The van der Waals surface area contributed by atoms with Crippen molar-refractivity contribution in [1.29, 1.82) is 0 Å². The molecule has 1 aromatic heterocycles. The van der Waals surface area contributed by atoms with E-state index in [9.17, 15) is 4.39 Å². The van der Waals surface area contributed by atoms with E-state index in [-0.39, 0.29) is 11.9 Å². The number of aromatic nitrogens is 1. The molecule has 0 aliphatic rings. The Bertz CT molecular complexity index is 560. The summed E-state index contributed by atoms with van der Waals surface area (Å²) in [5.74, 6) is 0.461. The van der Waals surface area contributed by atoms with Crippen LogP contribution in [0.1, 0.15) is 30.5 Å². The molecule has 0 aliphatic carbocycles. The highest BCUT2D eigenvalue weighted by molar-refractivity contribution is 5.37. The fourth-order valence-corrected chi connectivity index (χ4v) is 2.34. The van der Waals surface area contributed by atoms with Gasteiger partial charge in [0.05, 0.1) is 7.11 Å². The number of nitrogens with zero attached hydrogens (tertiary/aromatic N) is 1. The normalized spacial score (nSPS) is 12.1. The highest BCUT2D eigenvalue weighted by Gasteiger charge is 2.17. The summed E-state index contributed by atoms with van der Waals surface area (Å²) < 4.78 is 19.0. The number of hydrogen-bond donors (Lipinski definition) is 1. The van der Waals surface area contributed by atoms with Gasteiger partial charge in [-0.15, -0.1) is 0 Å². The molecule has 0 saturated carbocycles. The molecule has 1 atom stereocenters. The number of pyridine rings is 1. The van der Waals surface area contributed by atoms with E-state index in [1.165, 1.54) is 6.07 Å². The molecule has 0 radical (unpaired) electrons. The third-order valence-corrected chi connectivity index (χ3v) is 3.40. The first-order valence-electron chi connectivity index (χ1n) is 7.20. The summed E-state index contributed by atoms with van der Waals surface area (Å²) >= 11 is 0. The third-order valence-electron chi connectivity index (χ3n) is 3.40. The molecule has 2 rings (SSSR count). The molecule has 0 fully saturated rings. The summed E-state index contributed by atoms with van der Waals surface area (Å²) in [6, 6.07) is 8.62. The number of ether oxygens (including phenoxy) is 1. The van der Waals surface area contributed by atoms with E-state index >= 15 is 0 Å². The zero-order chi connectivity index (χ0) is 15.1. The van der Waals surface area contributed by atoms with Crippen molar-refractivity contribution in [3.8, 4) is 5.75 Å². The van der Waals surface area contributed by atoms with Crippen molar-refractivity contribution in [2.45, 2.75) is 25.8 Å². The van der Waals surface area contributed by atoms with Gasteiger partial charge < -0.3 is 10.1 Å². The van der Waals surface area contributed by atoms with Crippen molar-refractivity contribution in [2.24, 2.45) is 0 Å². The van der Waals surface area contributed by atoms with Crippen LogP contribution in [0, 0.1) is 5.82 Å². The van der Waals surface area contributed by atoms with E-state index < -0.39 is 0 Å². The van der Waals surface area contributed by atoms with Crippen molar-refractivity contribution in [1.82, 2.24) is 10.3 Å². The Labute approximate surface area is 125 Å². The molecule has 0 bridgehead atoms. The van der Waals surface area contributed by atoms with Gasteiger partial charge in [0, 0.05) is 24.0 Å². The minimum Gasteiger partial charge on any atom is -0.496 e. The first-order chi connectivity index (χ1) is 10.2. The lowest BCUT2D eigenvalue weighted by molar-refractivity contribution is 0.396. The monoisotopic (exact) mass is 288 g/mol. The van der Waals surface area contributed by atoms with E-state index in [4.69, 9.17) is 4.74 Å². The van der Waals surface area contributed by atoms with Gasteiger partial charge in [-0.2, -0.15) is 0 Å². The Hall–Kier alpha value is -1.94. The van der Waals surface area contributed by atoms with Crippen molar-refractivity contribution < 1.29 is 9.13 Å². The molecule has 2 aromatic rings. The van der Waals surface area contributed by atoms with Crippen LogP contribution in [0.25, 0.3) is 0 Å². The summed E-state index contributed by atoms with van der Waals surface area (Å²) in [4.78, 5) is 4.03. The number of benzene rings is 1. The molecule has 4 heteroatoms. The van der Waals surface area contributed by atoms with Gasteiger partial charge in [-0.25, -0.2) is 4.39 Å². The SMILES string of the molecule is CCCNC(Cc1ccncc1)c1cc(F)ccc1OC. The molecule has 1 unspecified atom stereocenters. The van der Waals surface area contributed by atoms with Gasteiger partial charge >= 0.3 is 0 Å². The summed E-state index contributed by atoms with van der Waals surface area (Å²) in [5, 5.41) is 3.47. The Morgan fingerprint density at radius 2 is 2.00 bits per heavy atom. The zero-order valence-corrected chi connectivity index (χ0v) is 12.5. The van der Waals surface area contributed by atoms with Gasteiger partial charge in [0.25, 0.3) is 0 Å². The second-order valence-corrected chi connectivity index (χ2v) is 4.95. The minimum atomic E-state index is -0.246. The average Bonchev–Trinajstić information content (AvgIpc) is 2.52. The topological polar surface area (TPSA) is 34.2 Å². The van der Waals surface area contributed by atoms with Gasteiger partial charge in [-0.05, 0) is 55.3 Å². The van der Waals surface area contributed by atoms with Gasteiger partial charge in [-0.3, -0.25) is 4.98 Å². The average molecular weight is 288 g/mol. The van der Waals surface area contributed by atoms with Crippen LogP contribution in [0.15, 0.2) is 42.7 Å². The molecule has 112 valence electrons. The molecule has 3 nitrogen and oxygen atoms in total. The quantitative estimate of drug-likeness (QED) is 0.846. The molecule has 1 N–H and O–H groups in total. The molecule has 1 aromatic carbocycles. The Morgan fingerprint density at radius 3 is 2.67 bits per heavy atom. The Morgan fingerprint density at radius 1 is 1.24 bits per heavy atom. The number of halogens is 1. The predicted molar refractivity (Wildman–Crippen MR) is 81.9 cm³/mol. The molecule has 0 spiro atoms. The first kappa shape index (κ1) is 15.4. The zero-order valence-electron chi connectivity index (χ0n) is 12.5. The van der Waals surface area contributed by atoms with Crippen LogP contribution in [0.5, 0.6) is 5.75 Å². The molecule has 1 heterocycles. The largest absolute Gasteiger partial charge is 0.496 e. The van der Waals surface area contributed by atoms with E-state index in [1.807, 2.05) is 12.1 Å². The minimum absolute atomic E-state index is 0.0120. The van der Waals surface area contributed by atoms with E-state index in [1.54, 1.807) is 31.6 Å². The van der Waals surface area contributed by atoms with Gasteiger partial charge in [0.1, 0.15) is 11.6 Å². The lowest BCUT2D eigenvalue weighted by atomic mass is 9.98. The van der Waals surface area contributed by atoms with E-state index in [2.05, 4.69) is 17.2 Å². The fraction of sp³-hybridized carbons (Fsp3) is 0.353. The van der Waals surface area contributed by atoms with Crippen molar-refractivity contribution in [3.63, 3.8) is 0 Å². The molecule has 0 saturated heterocycles. The molecular weight excluding hydrogens is 267 g/mol. The lowest BCUT2D eigenvalue weighted by Crippen LogP contribution is -2.24. The highest BCUT2D eigenvalue weighted by Crippen LogP contribution is 2.28. The van der Waals surface area contributed by atoms with Crippen LogP contribution < -0.4 is 10.1 Å². The lowest BCUT2D eigenvalue weighted by Gasteiger charge is -2.21.